The molecule has 0 saturated heterocycles. The number of nitrogens with zero attached hydrogens (tertiary/aromatic N) is 2. The minimum absolute atomic E-state index is 0.0563. The molecule has 10 heteroatoms. The molecule has 138 valence electrons. The van der Waals surface area contributed by atoms with Crippen molar-refractivity contribution < 1.29 is 14.0 Å². The average molecular weight is 421 g/mol. The van der Waals surface area contributed by atoms with Crippen molar-refractivity contribution in [1.29, 1.82) is 0 Å². The quantitative estimate of drug-likeness (QED) is 0.376. The Hall–Kier alpha value is -2.56. The fourth-order valence-electron chi connectivity index (χ4n) is 2.01. The van der Waals surface area contributed by atoms with Crippen LogP contribution in [0, 0.1) is 9.77 Å². The van der Waals surface area contributed by atoms with E-state index in [4.69, 9.17) is 12.2 Å². The Balaban J connectivity index is 1.51. The van der Waals surface area contributed by atoms with Gasteiger partial charge in [-0.25, -0.2) is 9.07 Å². The number of hydrogen-bond donors (Lipinski definition) is 2. The molecule has 3 aromatic rings. The molecule has 0 unspecified atom stereocenters. The maximum atomic E-state index is 12.8. The first-order chi connectivity index (χ1) is 13.0. The van der Waals surface area contributed by atoms with Crippen LogP contribution < -0.4 is 10.9 Å². The molecule has 0 bridgehead atoms. The highest BCUT2D eigenvalue weighted by Gasteiger charge is 2.11. The number of para-hydroxylation sites is 1. The number of hydrogen-bond acceptors (Lipinski definition) is 6. The van der Waals surface area contributed by atoms with E-state index in [1.165, 1.54) is 47.4 Å². The van der Waals surface area contributed by atoms with Crippen LogP contribution >= 0.6 is 35.3 Å². The minimum Gasteiger partial charge on any atom is -0.272 e. The van der Waals surface area contributed by atoms with E-state index in [0.717, 1.165) is 5.69 Å². The summed E-state index contributed by atoms with van der Waals surface area (Å²) in [5.74, 6) is -1.31. The van der Waals surface area contributed by atoms with Crippen molar-refractivity contribution in [3.8, 4) is 5.69 Å². The van der Waals surface area contributed by atoms with Gasteiger partial charge in [0.25, 0.3) is 5.91 Å². The van der Waals surface area contributed by atoms with E-state index in [2.05, 4.69) is 16.0 Å². The van der Waals surface area contributed by atoms with Crippen LogP contribution in [0.25, 0.3) is 5.69 Å². The van der Waals surface area contributed by atoms with E-state index < -0.39 is 17.6 Å². The van der Waals surface area contributed by atoms with Crippen molar-refractivity contribution in [3.63, 3.8) is 0 Å². The molecule has 27 heavy (non-hydrogen) atoms. The number of hydrazine groups is 1. The second-order valence-corrected chi connectivity index (χ2v) is 8.02. The summed E-state index contributed by atoms with van der Waals surface area (Å²) < 4.78 is 15.7. The van der Waals surface area contributed by atoms with Crippen molar-refractivity contribution >= 4 is 47.1 Å². The lowest BCUT2D eigenvalue weighted by Gasteiger charge is -2.06. The molecule has 1 aromatic heterocycles. The number of benzene rings is 2. The Morgan fingerprint density at radius 3 is 2.52 bits per heavy atom. The Kier molecular flexibility index (Phi) is 6.32. The van der Waals surface area contributed by atoms with Crippen molar-refractivity contribution in [2.24, 2.45) is 0 Å². The summed E-state index contributed by atoms with van der Waals surface area (Å²) in [5, 5.41) is 4.39. The SMILES string of the molecule is O=C(CSc1nn(-c2ccccc2)c(=S)s1)NNC(=O)c1ccc(F)cc1. The van der Waals surface area contributed by atoms with Crippen LogP contribution in [0.15, 0.2) is 58.9 Å². The molecule has 2 N–H and O–H groups in total. The number of nitrogens with one attached hydrogen (secondary N) is 2. The zero-order valence-corrected chi connectivity index (χ0v) is 16.2. The number of carbonyl (C=O) groups excluding carboxylic acids is 2. The number of amides is 2. The molecule has 2 amide bonds. The van der Waals surface area contributed by atoms with Crippen LogP contribution in [-0.2, 0) is 4.79 Å². The monoisotopic (exact) mass is 420 g/mol. The van der Waals surface area contributed by atoms with E-state index in [1.54, 1.807) is 4.68 Å². The Labute approximate surface area is 167 Å². The molecule has 0 saturated carbocycles. The number of carbonyl (C=O) groups is 2. The van der Waals surface area contributed by atoms with Crippen molar-refractivity contribution in [2.75, 3.05) is 5.75 Å². The smallest absolute Gasteiger partial charge is 0.269 e. The maximum Gasteiger partial charge on any atom is 0.269 e. The molecule has 0 fully saturated rings. The predicted molar refractivity (Wildman–Crippen MR) is 105 cm³/mol. The van der Waals surface area contributed by atoms with Crippen LogP contribution in [0.3, 0.4) is 0 Å². The Morgan fingerprint density at radius 1 is 1.11 bits per heavy atom. The normalized spacial score (nSPS) is 10.4. The standard InChI is InChI=1S/C17H13FN4O2S3/c18-12-8-6-11(7-9-12)15(24)20-19-14(23)10-26-16-21-22(17(25)27-16)13-4-2-1-3-5-13/h1-9H,10H2,(H,19,23)(H,20,24). The van der Waals surface area contributed by atoms with Gasteiger partial charge >= 0.3 is 0 Å². The first kappa shape index (κ1) is 19.2. The maximum absolute atomic E-state index is 12.8. The van der Waals surface area contributed by atoms with E-state index in [0.29, 0.717) is 8.29 Å². The summed E-state index contributed by atoms with van der Waals surface area (Å²) >= 11 is 7.82. The third-order valence-corrected chi connectivity index (χ3v) is 5.64. The fraction of sp³-hybridized carbons (Fsp3) is 0.0588. The molecule has 6 nitrogen and oxygen atoms in total. The van der Waals surface area contributed by atoms with Gasteiger partial charge in [0.05, 0.1) is 11.4 Å². The number of rotatable bonds is 5. The van der Waals surface area contributed by atoms with Crippen molar-refractivity contribution in [2.45, 2.75) is 4.34 Å². The van der Waals surface area contributed by atoms with Gasteiger partial charge in [0.2, 0.25) is 5.91 Å². The average Bonchev–Trinajstić information content (AvgIpc) is 3.06. The van der Waals surface area contributed by atoms with Gasteiger partial charge in [0, 0.05) is 5.56 Å². The van der Waals surface area contributed by atoms with Gasteiger partial charge in [-0.2, -0.15) is 0 Å². The fourth-order valence-corrected chi connectivity index (χ4v) is 4.18. The summed E-state index contributed by atoms with van der Waals surface area (Å²) in [6.07, 6.45) is 0. The lowest BCUT2D eigenvalue weighted by molar-refractivity contribution is -0.119. The highest BCUT2D eigenvalue weighted by atomic mass is 32.2. The van der Waals surface area contributed by atoms with E-state index in [-0.39, 0.29) is 11.3 Å². The Bertz CT molecular complexity index is 1000. The van der Waals surface area contributed by atoms with Gasteiger partial charge < -0.3 is 0 Å². The third-order valence-electron chi connectivity index (χ3n) is 3.28. The summed E-state index contributed by atoms with van der Waals surface area (Å²) in [7, 11) is 0. The van der Waals surface area contributed by atoms with Crippen LogP contribution in [0.1, 0.15) is 10.4 Å². The molecular formula is C17H13FN4O2S3. The van der Waals surface area contributed by atoms with Crippen LogP contribution in [-0.4, -0.2) is 27.3 Å². The highest BCUT2D eigenvalue weighted by Crippen LogP contribution is 2.23. The zero-order valence-electron chi connectivity index (χ0n) is 13.7. The van der Waals surface area contributed by atoms with Crippen LogP contribution in [0.4, 0.5) is 4.39 Å². The van der Waals surface area contributed by atoms with Crippen LogP contribution in [0.5, 0.6) is 0 Å². The zero-order chi connectivity index (χ0) is 19.2. The highest BCUT2D eigenvalue weighted by molar-refractivity contribution is 8.01. The minimum atomic E-state index is -0.530. The molecular weight excluding hydrogens is 407 g/mol. The molecule has 3 rings (SSSR count). The van der Waals surface area contributed by atoms with Gasteiger partial charge in [-0.05, 0) is 48.6 Å². The molecule has 2 aromatic carbocycles. The van der Waals surface area contributed by atoms with E-state index in [9.17, 15) is 14.0 Å². The third kappa shape index (κ3) is 5.22. The predicted octanol–water partition coefficient (Wildman–Crippen LogP) is 3.36. The number of halogens is 1. The van der Waals surface area contributed by atoms with Crippen LogP contribution in [0.2, 0.25) is 0 Å². The first-order valence-corrected chi connectivity index (χ1v) is 9.87. The van der Waals surface area contributed by atoms with Gasteiger partial charge in [0.15, 0.2) is 8.29 Å². The molecule has 0 aliphatic heterocycles. The molecule has 1 heterocycles. The van der Waals surface area contributed by atoms with Crippen molar-refractivity contribution in [3.05, 3.63) is 69.9 Å². The van der Waals surface area contributed by atoms with Gasteiger partial charge in [-0.1, -0.05) is 41.3 Å². The van der Waals surface area contributed by atoms with Gasteiger partial charge in [-0.15, -0.1) is 5.10 Å². The van der Waals surface area contributed by atoms with Gasteiger partial charge in [-0.3, -0.25) is 20.4 Å². The Morgan fingerprint density at radius 2 is 1.81 bits per heavy atom. The topological polar surface area (TPSA) is 76.0 Å². The van der Waals surface area contributed by atoms with E-state index in [1.807, 2.05) is 30.3 Å². The van der Waals surface area contributed by atoms with E-state index >= 15 is 0 Å². The summed E-state index contributed by atoms with van der Waals surface area (Å²) in [6.45, 7) is 0. The number of aromatic nitrogens is 2. The first-order valence-electron chi connectivity index (χ1n) is 7.66. The summed E-state index contributed by atoms with van der Waals surface area (Å²) in [5.41, 5.74) is 5.68. The molecule has 0 radical (unpaired) electrons. The molecule has 0 atom stereocenters. The summed E-state index contributed by atoms with van der Waals surface area (Å²) in [6, 6.07) is 14.5. The largest absolute Gasteiger partial charge is 0.272 e. The van der Waals surface area contributed by atoms with Crippen molar-refractivity contribution in [1.82, 2.24) is 20.6 Å². The lowest BCUT2D eigenvalue weighted by atomic mass is 10.2. The second kappa shape index (κ2) is 8.89. The second-order valence-electron chi connectivity index (χ2n) is 5.18. The number of thioether (sulfide) groups is 1. The summed E-state index contributed by atoms with van der Waals surface area (Å²) in [4.78, 5) is 23.8. The van der Waals surface area contributed by atoms with Gasteiger partial charge in [0.1, 0.15) is 5.82 Å². The molecule has 0 aliphatic rings. The molecule has 0 aliphatic carbocycles. The molecule has 0 spiro atoms. The lowest BCUT2D eigenvalue weighted by Crippen LogP contribution is -2.42.